The van der Waals surface area contributed by atoms with Gasteiger partial charge < -0.3 is 38.8 Å². The molecule has 0 bridgehead atoms. The standard InChI is InChI=1S/C30H30N6O8/c37-7-8-41-9-10-42-27(39)16-35-14-19(32-33-35)13-34-15-26(38)36-23(30(34)40)12-21-20-3-1-2-4-22(20)31-28(21)29(36)18-5-6-24-25(11-18)44-17-43-24/h1-6,11,14,23,29,31,37H,7-10,12-13,15-17H2/t23-,29-/m1/s1. The number of nitrogens with zero attached hydrogens (tertiary/aromatic N) is 5. The highest BCUT2D eigenvalue weighted by atomic mass is 16.7. The van der Waals surface area contributed by atoms with E-state index in [0.717, 1.165) is 27.7 Å². The third-order valence-electron chi connectivity index (χ3n) is 8.01. The van der Waals surface area contributed by atoms with Crippen molar-refractivity contribution in [2.45, 2.75) is 31.6 Å². The molecule has 1 fully saturated rings. The molecule has 2 N–H and O–H groups in total. The van der Waals surface area contributed by atoms with Gasteiger partial charge in [0.2, 0.25) is 18.6 Å². The lowest BCUT2D eigenvalue weighted by atomic mass is 9.86. The maximum atomic E-state index is 14.0. The first-order valence-corrected chi connectivity index (χ1v) is 14.3. The Kier molecular flexibility index (Phi) is 7.36. The Balaban J connectivity index is 1.12. The van der Waals surface area contributed by atoms with Gasteiger partial charge in [-0.3, -0.25) is 14.4 Å². The molecule has 0 spiro atoms. The number of hydrogen-bond donors (Lipinski definition) is 2. The number of amides is 2. The molecule has 0 radical (unpaired) electrons. The van der Waals surface area contributed by atoms with E-state index < -0.39 is 18.1 Å². The molecule has 7 rings (SSSR count). The minimum Gasteiger partial charge on any atom is -0.462 e. The third kappa shape index (κ3) is 5.11. The molecule has 4 aromatic rings. The summed E-state index contributed by atoms with van der Waals surface area (Å²) >= 11 is 0. The number of rotatable bonds is 10. The Morgan fingerprint density at radius 1 is 1.09 bits per heavy atom. The zero-order valence-corrected chi connectivity index (χ0v) is 23.7. The number of aromatic amines is 1. The summed E-state index contributed by atoms with van der Waals surface area (Å²) in [4.78, 5) is 46.7. The Morgan fingerprint density at radius 3 is 2.84 bits per heavy atom. The summed E-state index contributed by atoms with van der Waals surface area (Å²) in [6, 6.07) is 12.3. The van der Waals surface area contributed by atoms with E-state index in [1.54, 1.807) is 11.1 Å². The number of benzene rings is 2. The molecule has 0 aliphatic carbocycles. The predicted molar refractivity (Wildman–Crippen MR) is 151 cm³/mol. The maximum absolute atomic E-state index is 14.0. The van der Waals surface area contributed by atoms with E-state index in [9.17, 15) is 14.4 Å². The van der Waals surface area contributed by atoms with Crippen molar-refractivity contribution in [3.63, 3.8) is 0 Å². The van der Waals surface area contributed by atoms with Crippen molar-refractivity contribution in [2.24, 2.45) is 0 Å². The first kappa shape index (κ1) is 27.9. The highest BCUT2D eigenvalue weighted by Gasteiger charge is 2.48. The van der Waals surface area contributed by atoms with E-state index >= 15 is 0 Å². The van der Waals surface area contributed by atoms with Gasteiger partial charge in [0, 0.05) is 23.0 Å². The molecule has 2 amide bonds. The molecule has 14 nitrogen and oxygen atoms in total. The van der Waals surface area contributed by atoms with E-state index in [1.165, 1.54) is 9.58 Å². The maximum Gasteiger partial charge on any atom is 0.327 e. The number of esters is 1. The third-order valence-corrected chi connectivity index (χ3v) is 8.01. The monoisotopic (exact) mass is 602 g/mol. The summed E-state index contributed by atoms with van der Waals surface area (Å²) in [5, 5.41) is 17.8. The Bertz CT molecular complexity index is 1730. The van der Waals surface area contributed by atoms with Crippen LogP contribution < -0.4 is 9.47 Å². The van der Waals surface area contributed by atoms with Crippen molar-refractivity contribution in [3.05, 3.63) is 71.2 Å². The number of piperazine rings is 1. The molecule has 44 heavy (non-hydrogen) atoms. The molecular weight excluding hydrogens is 572 g/mol. The zero-order chi connectivity index (χ0) is 30.2. The fourth-order valence-corrected chi connectivity index (χ4v) is 6.13. The topological polar surface area (TPSA) is 161 Å². The quantitative estimate of drug-likeness (QED) is 0.197. The van der Waals surface area contributed by atoms with Crippen molar-refractivity contribution in [2.75, 3.05) is 39.8 Å². The van der Waals surface area contributed by atoms with Crippen molar-refractivity contribution < 1.29 is 38.4 Å². The van der Waals surface area contributed by atoms with Gasteiger partial charge in [-0.1, -0.05) is 29.5 Å². The molecule has 3 aliphatic rings. The van der Waals surface area contributed by atoms with Gasteiger partial charge in [-0.2, -0.15) is 0 Å². The summed E-state index contributed by atoms with van der Waals surface area (Å²) in [5.74, 6) is 0.324. The lowest BCUT2D eigenvalue weighted by Gasteiger charge is -2.47. The minimum atomic E-state index is -0.726. The van der Waals surface area contributed by atoms with E-state index in [2.05, 4.69) is 15.3 Å². The lowest BCUT2D eigenvalue weighted by molar-refractivity contribution is -0.159. The second-order valence-corrected chi connectivity index (χ2v) is 10.8. The minimum absolute atomic E-state index is 0.0497. The van der Waals surface area contributed by atoms with Gasteiger partial charge in [0.25, 0.3) is 0 Å². The lowest BCUT2D eigenvalue weighted by Crippen LogP contribution is -2.62. The fraction of sp³-hybridized carbons (Fsp3) is 0.367. The van der Waals surface area contributed by atoms with E-state index in [0.29, 0.717) is 23.6 Å². The van der Waals surface area contributed by atoms with Crippen molar-refractivity contribution in [3.8, 4) is 11.5 Å². The second-order valence-electron chi connectivity index (χ2n) is 10.8. The Hall–Kier alpha value is -4.95. The summed E-state index contributed by atoms with van der Waals surface area (Å²) < 4.78 is 22.6. The van der Waals surface area contributed by atoms with Crippen LogP contribution in [0, 0.1) is 0 Å². The summed E-state index contributed by atoms with van der Waals surface area (Å²) in [6.45, 7) is 0.181. The van der Waals surface area contributed by atoms with Crippen LogP contribution in [-0.2, 0) is 43.4 Å². The molecular formula is C30H30N6O8. The fourth-order valence-electron chi connectivity index (χ4n) is 6.13. The van der Waals surface area contributed by atoms with Crippen LogP contribution in [0.5, 0.6) is 11.5 Å². The van der Waals surface area contributed by atoms with Crippen LogP contribution in [0.2, 0.25) is 0 Å². The molecule has 5 heterocycles. The Labute approximate surface area is 251 Å². The van der Waals surface area contributed by atoms with E-state index in [1.807, 2.05) is 42.5 Å². The van der Waals surface area contributed by atoms with Gasteiger partial charge in [-0.15, -0.1) is 5.10 Å². The molecule has 2 atom stereocenters. The van der Waals surface area contributed by atoms with Gasteiger partial charge in [-0.05, 0) is 29.3 Å². The normalized spacial score (nSPS) is 18.9. The number of fused-ring (bicyclic) bond motifs is 5. The molecule has 0 unspecified atom stereocenters. The molecule has 14 heteroatoms. The number of carbonyl (C=O) groups is 3. The summed E-state index contributed by atoms with van der Waals surface area (Å²) in [7, 11) is 0. The molecule has 0 saturated carbocycles. The van der Waals surface area contributed by atoms with E-state index in [-0.39, 0.29) is 64.7 Å². The molecule has 1 saturated heterocycles. The summed E-state index contributed by atoms with van der Waals surface area (Å²) in [6.07, 6.45) is 1.92. The van der Waals surface area contributed by atoms with Crippen LogP contribution in [0.15, 0.2) is 48.7 Å². The number of carbonyl (C=O) groups excluding carboxylic acids is 3. The second kappa shape index (κ2) is 11.6. The molecule has 3 aliphatic heterocycles. The van der Waals surface area contributed by atoms with E-state index in [4.69, 9.17) is 24.1 Å². The van der Waals surface area contributed by atoms with Crippen molar-refractivity contribution >= 4 is 28.7 Å². The van der Waals surface area contributed by atoms with Crippen molar-refractivity contribution in [1.29, 1.82) is 0 Å². The average Bonchev–Trinajstić information content (AvgIpc) is 3.77. The molecule has 2 aromatic carbocycles. The number of nitrogens with one attached hydrogen (secondary N) is 1. The predicted octanol–water partition coefficient (Wildman–Crippen LogP) is 0.925. The molecule has 2 aromatic heterocycles. The van der Waals surface area contributed by atoms with Crippen LogP contribution in [0.4, 0.5) is 0 Å². The van der Waals surface area contributed by atoms with Gasteiger partial charge >= 0.3 is 5.97 Å². The highest BCUT2D eigenvalue weighted by molar-refractivity contribution is 5.97. The van der Waals surface area contributed by atoms with Gasteiger partial charge in [-0.25, -0.2) is 4.68 Å². The number of ether oxygens (including phenoxy) is 4. The first-order valence-electron chi connectivity index (χ1n) is 14.3. The van der Waals surface area contributed by atoms with Crippen LogP contribution >= 0.6 is 0 Å². The van der Waals surface area contributed by atoms with Crippen LogP contribution in [-0.4, -0.2) is 98.5 Å². The smallest absolute Gasteiger partial charge is 0.327 e. The summed E-state index contributed by atoms with van der Waals surface area (Å²) in [5.41, 5.74) is 4.07. The van der Waals surface area contributed by atoms with Crippen molar-refractivity contribution in [1.82, 2.24) is 29.8 Å². The van der Waals surface area contributed by atoms with Gasteiger partial charge in [0.15, 0.2) is 11.5 Å². The zero-order valence-electron chi connectivity index (χ0n) is 23.7. The number of aliphatic hydroxyl groups excluding tert-OH is 1. The molecule has 228 valence electrons. The first-order chi connectivity index (χ1) is 21.5. The number of aliphatic hydroxyl groups is 1. The van der Waals surface area contributed by atoms with Crippen LogP contribution in [0.1, 0.15) is 28.6 Å². The van der Waals surface area contributed by atoms with Gasteiger partial charge in [0.05, 0.1) is 38.6 Å². The largest absolute Gasteiger partial charge is 0.462 e. The number of para-hydroxylation sites is 1. The average molecular weight is 603 g/mol. The number of H-pyrrole nitrogens is 1. The number of aromatic nitrogens is 4. The van der Waals surface area contributed by atoms with Crippen LogP contribution in [0.3, 0.4) is 0 Å². The highest BCUT2D eigenvalue weighted by Crippen LogP contribution is 2.45. The SMILES string of the molecule is O=C(Cn1cc(CN2CC(=O)N3[C@H](c4ccc5c(c4)OCO5)c4[nH]c5ccccc5c4C[C@@H]3C2=O)nn1)OCCOCCO. The Morgan fingerprint density at radius 2 is 1.95 bits per heavy atom. The number of hydrogen-bond acceptors (Lipinski definition) is 10. The van der Waals surface area contributed by atoms with Crippen LogP contribution in [0.25, 0.3) is 10.9 Å². The van der Waals surface area contributed by atoms with Gasteiger partial charge in [0.1, 0.15) is 31.4 Å².